The average molecular weight is 398 g/mol. The number of halogens is 4. The first kappa shape index (κ1) is 18.7. The van der Waals surface area contributed by atoms with Gasteiger partial charge in [-0.3, -0.25) is 4.79 Å². The Morgan fingerprint density at radius 2 is 1.93 bits per heavy atom. The van der Waals surface area contributed by atoms with Gasteiger partial charge in [-0.25, -0.2) is 9.49 Å². The maximum absolute atomic E-state index is 14.6. The van der Waals surface area contributed by atoms with Crippen molar-refractivity contribution in [1.29, 1.82) is 0 Å². The molecule has 150 valence electrons. The van der Waals surface area contributed by atoms with Crippen molar-refractivity contribution in [1.82, 2.24) is 15.5 Å². The van der Waals surface area contributed by atoms with E-state index < -0.39 is 23.1 Å². The van der Waals surface area contributed by atoms with Crippen molar-refractivity contribution in [3.8, 4) is 5.75 Å². The Hall–Kier alpha value is -2.62. The summed E-state index contributed by atoms with van der Waals surface area (Å²) >= 11 is 0. The van der Waals surface area contributed by atoms with E-state index in [9.17, 15) is 22.4 Å². The van der Waals surface area contributed by atoms with E-state index in [-0.39, 0.29) is 24.9 Å². The maximum atomic E-state index is 14.6. The first-order valence-corrected chi connectivity index (χ1v) is 8.91. The molecule has 2 aliphatic rings. The number of nitrogens with zero attached hydrogens (tertiary/aromatic N) is 2. The summed E-state index contributed by atoms with van der Waals surface area (Å²) in [4.78, 5) is 13.0. The van der Waals surface area contributed by atoms with E-state index in [0.29, 0.717) is 16.9 Å². The molecule has 10 heteroatoms. The summed E-state index contributed by atoms with van der Waals surface area (Å²) in [6.45, 7) is 1.59. The standard InChI is InChI=1S/C18H18F4N4O2/c19-14-6-12(28-11-1-3-23-4-2-11)5-10-8-26(9-13(10)14)15-7-24-25-17(27)16(15)18(20,21)22/h5-7,11,23H,1-4,8-9H2,(H,25,27). The average Bonchev–Trinajstić information content (AvgIpc) is 3.06. The number of aromatic nitrogens is 2. The van der Waals surface area contributed by atoms with Crippen molar-refractivity contribution < 1.29 is 22.3 Å². The lowest BCUT2D eigenvalue weighted by Crippen LogP contribution is -2.34. The Bertz CT molecular complexity index is 938. The highest BCUT2D eigenvalue weighted by Crippen LogP contribution is 2.38. The van der Waals surface area contributed by atoms with Gasteiger partial charge < -0.3 is 15.0 Å². The van der Waals surface area contributed by atoms with Crippen LogP contribution in [0.4, 0.5) is 23.2 Å². The van der Waals surface area contributed by atoms with Crippen LogP contribution in [-0.2, 0) is 19.3 Å². The number of hydrogen-bond donors (Lipinski definition) is 2. The Morgan fingerprint density at radius 3 is 2.64 bits per heavy atom. The third kappa shape index (κ3) is 3.56. The van der Waals surface area contributed by atoms with E-state index in [1.165, 1.54) is 11.0 Å². The van der Waals surface area contributed by atoms with Crippen LogP contribution in [0.2, 0.25) is 0 Å². The first-order chi connectivity index (χ1) is 13.3. The molecule has 0 bridgehead atoms. The van der Waals surface area contributed by atoms with Gasteiger partial charge in [0.25, 0.3) is 5.56 Å². The Labute approximate surface area is 157 Å². The molecule has 1 fully saturated rings. The number of ether oxygens (including phenoxy) is 1. The van der Waals surface area contributed by atoms with Crippen molar-refractivity contribution in [2.24, 2.45) is 0 Å². The minimum Gasteiger partial charge on any atom is -0.490 e. The number of rotatable bonds is 3. The largest absolute Gasteiger partial charge is 0.490 e. The Kier molecular flexibility index (Phi) is 4.74. The molecule has 2 aliphatic heterocycles. The van der Waals surface area contributed by atoms with Gasteiger partial charge in [0.1, 0.15) is 23.2 Å². The third-order valence-corrected chi connectivity index (χ3v) is 5.02. The third-order valence-electron chi connectivity index (χ3n) is 5.02. The number of fused-ring (bicyclic) bond motifs is 1. The topological polar surface area (TPSA) is 70.2 Å². The fourth-order valence-electron chi connectivity index (χ4n) is 3.68. The quantitative estimate of drug-likeness (QED) is 0.778. The van der Waals surface area contributed by atoms with E-state index in [0.717, 1.165) is 32.1 Å². The fourth-order valence-corrected chi connectivity index (χ4v) is 3.68. The predicted octanol–water partition coefficient (Wildman–Crippen LogP) is 2.58. The minimum atomic E-state index is -4.84. The van der Waals surface area contributed by atoms with Crippen molar-refractivity contribution in [3.05, 3.63) is 51.2 Å². The van der Waals surface area contributed by atoms with Crippen LogP contribution in [0.3, 0.4) is 0 Å². The van der Waals surface area contributed by atoms with Gasteiger partial charge in [0.2, 0.25) is 0 Å². The van der Waals surface area contributed by atoms with Gasteiger partial charge in [-0.15, -0.1) is 0 Å². The van der Waals surface area contributed by atoms with Crippen LogP contribution in [0.15, 0.2) is 23.1 Å². The number of benzene rings is 1. The molecule has 0 spiro atoms. The summed E-state index contributed by atoms with van der Waals surface area (Å²) in [6.07, 6.45) is -2.32. The fraction of sp³-hybridized carbons (Fsp3) is 0.444. The number of H-pyrrole nitrogens is 1. The van der Waals surface area contributed by atoms with Crippen LogP contribution < -0.4 is 20.5 Å². The van der Waals surface area contributed by atoms with Gasteiger partial charge in [-0.1, -0.05) is 0 Å². The van der Waals surface area contributed by atoms with E-state index >= 15 is 0 Å². The molecular formula is C18H18F4N4O2. The highest BCUT2D eigenvalue weighted by atomic mass is 19.4. The summed E-state index contributed by atoms with van der Waals surface area (Å²) in [5.41, 5.74) is -2.19. The Balaban J connectivity index is 1.62. The number of alkyl halides is 3. The lowest BCUT2D eigenvalue weighted by atomic mass is 10.1. The zero-order valence-electron chi connectivity index (χ0n) is 14.8. The summed E-state index contributed by atoms with van der Waals surface area (Å²) in [6, 6.07) is 2.93. The van der Waals surface area contributed by atoms with Crippen LogP contribution in [0, 0.1) is 5.82 Å². The molecule has 2 N–H and O–H groups in total. The van der Waals surface area contributed by atoms with Gasteiger partial charge in [0, 0.05) is 24.7 Å². The monoisotopic (exact) mass is 398 g/mol. The van der Waals surface area contributed by atoms with Crippen molar-refractivity contribution >= 4 is 5.69 Å². The number of hydrogen-bond acceptors (Lipinski definition) is 5. The second kappa shape index (κ2) is 7.08. The van der Waals surface area contributed by atoms with Crippen molar-refractivity contribution in [2.75, 3.05) is 18.0 Å². The van der Waals surface area contributed by atoms with E-state index in [2.05, 4.69) is 10.4 Å². The molecule has 2 aromatic rings. The summed E-state index contributed by atoms with van der Waals surface area (Å²) < 4.78 is 60.4. The molecule has 0 amide bonds. The number of aromatic amines is 1. The zero-order chi connectivity index (χ0) is 19.9. The molecule has 0 radical (unpaired) electrons. The molecule has 0 atom stereocenters. The lowest BCUT2D eigenvalue weighted by molar-refractivity contribution is -0.138. The molecule has 0 aliphatic carbocycles. The van der Waals surface area contributed by atoms with Gasteiger partial charge in [-0.2, -0.15) is 18.3 Å². The molecule has 0 unspecified atom stereocenters. The molecule has 6 nitrogen and oxygen atoms in total. The zero-order valence-corrected chi connectivity index (χ0v) is 14.8. The smallest absolute Gasteiger partial charge is 0.423 e. The molecular weight excluding hydrogens is 380 g/mol. The molecule has 1 saturated heterocycles. The molecule has 4 rings (SSSR count). The highest BCUT2D eigenvalue weighted by molar-refractivity contribution is 5.57. The molecule has 0 saturated carbocycles. The SMILES string of the molecule is O=c1[nH]ncc(N2Cc3cc(OC4CCNCC4)cc(F)c3C2)c1C(F)(F)F. The second-order valence-corrected chi connectivity index (χ2v) is 6.92. The molecule has 1 aromatic carbocycles. The van der Waals surface area contributed by atoms with E-state index in [1.807, 2.05) is 0 Å². The molecule has 28 heavy (non-hydrogen) atoms. The summed E-state index contributed by atoms with van der Waals surface area (Å²) in [5.74, 6) is -0.166. The predicted molar refractivity (Wildman–Crippen MR) is 92.7 cm³/mol. The van der Waals surface area contributed by atoms with Crippen molar-refractivity contribution in [2.45, 2.75) is 38.2 Å². The normalized spacial score (nSPS) is 17.6. The van der Waals surface area contributed by atoms with Crippen LogP contribution in [0.25, 0.3) is 0 Å². The molecule has 3 heterocycles. The highest BCUT2D eigenvalue weighted by Gasteiger charge is 2.40. The number of anilines is 1. The van der Waals surface area contributed by atoms with E-state index in [4.69, 9.17) is 4.74 Å². The maximum Gasteiger partial charge on any atom is 0.423 e. The van der Waals surface area contributed by atoms with Crippen LogP contribution >= 0.6 is 0 Å². The summed E-state index contributed by atoms with van der Waals surface area (Å²) in [5, 5.41) is 8.50. The molecule has 1 aromatic heterocycles. The van der Waals surface area contributed by atoms with Gasteiger partial charge in [0.15, 0.2) is 0 Å². The van der Waals surface area contributed by atoms with Crippen LogP contribution in [0.5, 0.6) is 5.75 Å². The van der Waals surface area contributed by atoms with Gasteiger partial charge >= 0.3 is 6.18 Å². The van der Waals surface area contributed by atoms with Crippen LogP contribution in [-0.4, -0.2) is 29.4 Å². The number of nitrogens with one attached hydrogen (secondary N) is 2. The second-order valence-electron chi connectivity index (χ2n) is 6.92. The lowest BCUT2D eigenvalue weighted by Gasteiger charge is -2.24. The van der Waals surface area contributed by atoms with Crippen molar-refractivity contribution in [3.63, 3.8) is 0 Å². The minimum absolute atomic E-state index is 0.0232. The first-order valence-electron chi connectivity index (χ1n) is 8.91. The number of piperidine rings is 1. The summed E-state index contributed by atoms with van der Waals surface area (Å²) in [7, 11) is 0. The van der Waals surface area contributed by atoms with Gasteiger partial charge in [-0.05, 0) is 37.6 Å². The van der Waals surface area contributed by atoms with Gasteiger partial charge in [0.05, 0.1) is 11.9 Å². The Morgan fingerprint density at radius 1 is 1.18 bits per heavy atom. The van der Waals surface area contributed by atoms with E-state index in [1.54, 1.807) is 11.2 Å². The van der Waals surface area contributed by atoms with Crippen LogP contribution in [0.1, 0.15) is 29.5 Å².